The molecule has 8 nitrogen and oxygen atoms in total. The zero-order chi connectivity index (χ0) is 25.1. The summed E-state index contributed by atoms with van der Waals surface area (Å²) in [7, 11) is 0. The van der Waals surface area contributed by atoms with Crippen molar-refractivity contribution in [3.05, 3.63) is 83.2 Å². The molecule has 2 amide bonds. The SMILES string of the molecule is Cc1cc(/C=C2/C(=O)NN(c3ccccc3)C2=O)c(C)n1-c1ccc(OCC(=O)OC(C)C)cc1. The third kappa shape index (κ3) is 5.11. The highest BCUT2D eigenvalue weighted by molar-refractivity contribution is 6.31. The molecule has 4 rings (SSSR count). The van der Waals surface area contributed by atoms with Gasteiger partial charge in [-0.3, -0.25) is 15.0 Å². The maximum Gasteiger partial charge on any atom is 0.344 e. The van der Waals surface area contributed by atoms with Crippen LogP contribution in [0.4, 0.5) is 5.69 Å². The molecular formula is C27H27N3O5. The summed E-state index contributed by atoms with van der Waals surface area (Å²) in [5, 5.41) is 1.25. The summed E-state index contributed by atoms with van der Waals surface area (Å²) >= 11 is 0. The van der Waals surface area contributed by atoms with Gasteiger partial charge >= 0.3 is 5.97 Å². The molecular weight excluding hydrogens is 446 g/mol. The number of para-hydroxylation sites is 1. The van der Waals surface area contributed by atoms with Crippen LogP contribution in [0.2, 0.25) is 0 Å². The van der Waals surface area contributed by atoms with Crippen LogP contribution in [-0.2, 0) is 19.1 Å². The van der Waals surface area contributed by atoms with Gasteiger partial charge in [-0.05, 0) is 81.8 Å². The van der Waals surface area contributed by atoms with E-state index >= 15 is 0 Å². The summed E-state index contributed by atoms with van der Waals surface area (Å²) < 4.78 is 12.6. The summed E-state index contributed by atoms with van der Waals surface area (Å²) in [5.74, 6) is -0.715. The predicted molar refractivity (Wildman–Crippen MR) is 132 cm³/mol. The average molecular weight is 474 g/mol. The zero-order valence-electron chi connectivity index (χ0n) is 20.1. The number of hydrogen-bond acceptors (Lipinski definition) is 5. The fraction of sp³-hybridized carbons (Fsp3) is 0.222. The monoisotopic (exact) mass is 473 g/mol. The minimum atomic E-state index is -0.443. The van der Waals surface area contributed by atoms with Gasteiger partial charge in [0.15, 0.2) is 6.61 Å². The van der Waals surface area contributed by atoms with Crippen LogP contribution in [-0.4, -0.2) is 35.1 Å². The lowest BCUT2D eigenvalue weighted by Gasteiger charge is -2.13. The molecule has 1 fully saturated rings. The van der Waals surface area contributed by atoms with Crippen LogP contribution in [0.3, 0.4) is 0 Å². The molecule has 35 heavy (non-hydrogen) atoms. The smallest absolute Gasteiger partial charge is 0.344 e. The third-order valence-corrected chi connectivity index (χ3v) is 5.49. The Kier molecular flexibility index (Phi) is 6.73. The van der Waals surface area contributed by atoms with Gasteiger partial charge in [-0.2, -0.15) is 0 Å². The first-order valence-electron chi connectivity index (χ1n) is 11.3. The molecule has 8 heteroatoms. The number of carbonyl (C=O) groups is 3. The van der Waals surface area contributed by atoms with E-state index in [1.165, 1.54) is 5.01 Å². The zero-order valence-corrected chi connectivity index (χ0v) is 20.1. The summed E-state index contributed by atoms with van der Waals surface area (Å²) in [6.07, 6.45) is 1.43. The van der Waals surface area contributed by atoms with Gasteiger partial charge in [0.25, 0.3) is 11.8 Å². The quantitative estimate of drug-likeness (QED) is 0.320. The van der Waals surface area contributed by atoms with E-state index in [0.717, 1.165) is 22.6 Å². The van der Waals surface area contributed by atoms with Crippen LogP contribution in [0, 0.1) is 13.8 Å². The normalized spacial score (nSPS) is 14.5. The molecule has 3 aromatic rings. The van der Waals surface area contributed by atoms with Crippen LogP contribution in [0.5, 0.6) is 5.75 Å². The molecule has 180 valence electrons. The van der Waals surface area contributed by atoms with Gasteiger partial charge in [-0.1, -0.05) is 18.2 Å². The largest absolute Gasteiger partial charge is 0.482 e. The first-order valence-corrected chi connectivity index (χ1v) is 11.3. The van der Waals surface area contributed by atoms with Crippen molar-refractivity contribution >= 4 is 29.5 Å². The van der Waals surface area contributed by atoms with Crippen LogP contribution < -0.4 is 15.2 Å². The Bertz CT molecular complexity index is 1290. The molecule has 1 aliphatic rings. The summed E-state index contributed by atoms with van der Waals surface area (Å²) in [4.78, 5) is 37.2. The van der Waals surface area contributed by atoms with Crippen molar-refractivity contribution in [1.29, 1.82) is 0 Å². The maximum absolute atomic E-state index is 12.9. The molecule has 1 aromatic heterocycles. The molecule has 1 aliphatic heterocycles. The number of rotatable bonds is 7. The minimum absolute atomic E-state index is 0.0751. The highest BCUT2D eigenvalue weighted by atomic mass is 16.6. The molecule has 0 saturated carbocycles. The summed E-state index contributed by atoms with van der Waals surface area (Å²) in [6.45, 7) is 7.29. The number of hydrazine groups is 1. The molecule has 0 radical (unpaired) electrons. The van der Waals surface area contributed by atoms with E-state index < -0.39 is 17.8 Å². The summed E-state index contributed by atoms with van der Waals surface area (Å²) in [5.41, 5.74) is 6.77. The topological polar surface area (TPSA) is 89.9 Å². The van der Waals surface area contributed by atoms with Crippen molar-refractivity contribution in [1.82, 2.24) is 9.99 Å². The number of benzene rings is 2. The molecule has 0 unspecified atom stereocenters. The molecule has 0 bridgehead atoms. The van der Waals surface area contributed by atoms with Gasteiger partial charge in [-0.25, -0.2) is 9.80 Å². The fourth-order valence-corrected chi connectivity index (χ4v) is 3.93. The number of amides is 2. The van der Waals surface area contributed by atoms with E-state index in [9.17, 15) is 14.4 Å². The van der Waals surface area contributed by atoms with Gasteiger partial charge < -0.3 is 14.0 Å². The lowest BCUT2D eigenvalue weighted by molar-refractivity contribution is -0.149. The second kappa shape index (κ2) is 9.89. The second-order valence-electron chi connectivity index (χ2n) is 8.46. The van der Waals surface area contributed by atoms with Gasteiger partial charge in [0.2, 0.25) is 0 Å². The Morgan fingerprint density at radius 2 is 1.69 bits per heavy atom. The Morgan fingerprint density at radius 3 is 2.34 bits per heavy atom. The number of ether oxygens (including phenoxy) is 2. The Balaban J connectivity index is 1.54. The standard InChI is InChI=1S/C27H27N3O5/c1-17(2)35-25(31)16-34-23-12-10-21(11-13-23)29-18(3)14-20(19(29)4)15-24-26(32)28-30(27(24)33)22-8-6-5-7-9-22/h5-15,17H,16H2,1-4H3,(H,28,32)/b24-15-. The van der Waals surface area contributed by atoms with Crippen molar-refractivity contribution in [2.24, 2.45) is 0 Å². The van der Waals surface area contributed by atoms with Gasteiger partial charge in [0.1, 0.15) is 11.3 Å². The minimum Gasteiger partial charge on any atom is -0.482 e. The van der Waals surface area contributed by atoms with Gasteiger partial charge in [-0.15, -0.1) is 0 Å². The number of hydrogen-bond donors (Lipinski definition) is 1. The number of esters is 1. The summed E-state index contributed by atoms with van der Waals surface area (Å²) in [6, 6.07) is 18.2. The molecule has 0 atom stereocenters. The molecule has 1 saturated heterocycles. The highest BCUT2D eigenvalue weighted by Crippen LogP contribution is 2.26. The number of nitrogens with one attached hydrogen (secondary N) is 1. The molecule has 2 heterocycles. The fourth-order valence-electron chi connectivity index (χ4n) is 3.93. The van der Waals surface area contributed by atoms with Crippen molar-refractivity contribution in [2.75, 3.05) is 11.6 Å². The molecule has 2 aromatic carbocycles. The first-order chi connectivity index (χ1) is 16.7. The maximum atomic E-state index is 12.9. The second-order valence-corrected chi connectivity index (χ2v) is 8.46. The number of aryl methyl sites for hydroxylation is 1. The van der Waals surface area contributed by atoms with E-state index in [4.69, 9.17) is 9.47 Å². The predicted octanol–water partition coefficient (Wildman–Crippen LogP) is 3.89. The number of nitrogens with zero attached hydrogens (tertiary/aromatic N) is 2. The first kappa shape index (κ1) is 23.8. The number of anilines is 1. The van der Waals surface area contributed by atoms with Gasteiger partial charge in [0.05, 0.1) is 11.8 Å². The van der Waals surface area contributed by atoms with E-state index in [1.54, 1.807) is 56.3 Å². The Labute approximate surface area is 203 Å². The van der Waals surface area contributed by atoms with E-state index in [2.05, 4.69) is 5.43 Å². The number of aromatic nitrogens is 1. The Hall–Kier alpha value is -4.33. The van der Waals surface area contributed by atoms with Gasteiger partial charge in [0, 0.05) is 17.1 Å². The molecule has 1 N–H and O–H groups in total. The van der Waals surface area contributed by atoms with Crippen molar-refractivity contribution in [2.45, 2.75) is 33.8 Å². The lowest BCUT2D eigenvalue weighted by atomic mass is 10.1. The Morgan fingerprint density at radius 1 is 1.00 bits per heavy atom. The van der Waals surface area contributed by atoms with Crippen molar-refractivity contribution < 1.29 is 23.9 Å². The highest BCUT2D eigenvalue weighted by Gasteiger charge is 2.34. The van der Waals surface area contributed by atoms with Crippen LogP contribution >= 0.6 is 0 Å². The van der Waals surface area contributed by atoms with Crippen molar-refractivity contribution in [3.63, 3.8) is 0 Å². The van der Waals surface area contributed by atoms with E-state index in [0.29, 0.717) is 11.4 Å². The molecule has 0 spiro atoms. The van der Waals surface area contributed by atoms with E-state index in [1.807, 2.05) is 42.7 Å². The average Bonchev–Trinajstić information content (AvgIpc) is 3.27. The van der Waals surface area contributed by atoms with E-state index in [-0.39, 0.29) is 18.3 Å². The third-order valence-electron chi connectivity index (χ3n) is 5.49. The van der Waals surface area contributed by atoms with Crippen LogP contribution in [0.15, 0.2) is 66.2 Å². The van der Waals surface area contributed by atoms with Crippen LogP contribution in [0.1, 0.15) is 30.8 Å². The molecule has 0 aliphatic carbocycles. The van der Waals surface area contributed by atoms with Crippen molar-refractivity contribution in [3.8, 4) is 11.4 Å². The number of carbonyl (C=O) groups excluding carboxylic acids is 3. The van der Waals surface area contributed by atoms with Crippen LogP contribution in [0.25, 0.3) is 11.8 Å². The lowest BCUT2D eigenvalue weighted by Crippen LogP contribution is -2.35.